The number of carbonyl (C=O) groups excluding carboxylic acids is 2. The molecule has 0 aromatic carbocycles. The summed E-state index contributed by atoms with van der Waals surface area (Å²) in [5.41, 5.74) is 5.42. The molecule has 0 aliphatic carbocycles. The molecule has 0 saturated heterocycles. The number of hydrogen-bond acceptors (Lipinski definition) is 5. The zero-order valence-corrected chi connectivity index (χ0v) is 11.1. The van der Waals surface area contributed by atoms with Gasteiger partial charge in [-0.2, -0.15) is 0 Å². The quantitative estimate of drug-likeness (QED) is 0.429. The summed E-state index contributed by atoms with van der Waals surface area (Å²) in [6.45, 7) is 2.88. The molecule has 0 aliphatic heterocycles. The number of methoxy groups -OCH3 is 2. The minimum Gasteiger partial charge on any atom is -0.468 e. The van der Waals surface area contributed by atoms with E-state index in [1.54, 1.807) is 0 Å². The lowest BCUT2D eigenvalue weighted by Crippen LogP contribution is -2.43. The number of ether oxygens (including phenoxy) is 2. The molecule has 0 rings (SSSR count). The van der Waals surface area contributed by atoms with E-state index < -0.39 is 31.6 Å². The summed E-state index contributed by atoms with van der Waals surface area (Å²) in [6, 6.07) is -1.71. The second-order valence-electron chi connectivity index (χ2n) is 3.41. The van der Waals surface area contributed by atoms with Gasteiger partial charge in [-0.1, -0.05) is 0 Å². The van der Waals surface area contributed by atoms with Crippen molar-refractivity contribution in [3.05, 3.63) is 0 Å². The van der Waals surface area contributed by atoms with E-state index >= 15 is 0 Å². The molecule has 0 aromatic rings. The highest BCUT2D eigenvalue weighted by molar-refractivity contribution is 7.57. The molecule has 2 atom stereocenters. The monoisotopic (exact) mass is 267 g/mol. The van der Waals surface area contributed by atoms with E-state index in [-0.39, 0.29) is 0 Å². The fourth-order valence-electron chi connectivity index (χ4n) is 1.07. The van der Waals surface area contributed by atoms with E-state index in [2.05, 4.69) is 19.6 Å². The maximum atomic E-state index is 11.8. The van der Waals surface area contributed by atoms with Gasteiger partial charge in [0.25, 0.3) is 7.59 Å². The van der Waals surface area contributed by atoms with Crippen LogP contribution in [0, 0.1) is 0 Å². The van der Waals surface area contributed by atoms with Crippen LogP contribution in [0.15, 0.2) is 0 Å². The molecule has 0 unspecified atom stereocenters. The van der Waals surface area contributed by atoms with Crippen molar-refractivity contribution in [2.45, 2.75) is 25.9 Å². The van der Waals surface area contributed by atoms with Gasteiger partial charge in [-0.05, 0) is 13.8 Å². The first-order valence-corrected chi connectivity index (χ1v) is 6.61. The highest BCUT2D eigenvalue weighted by Crippen LogP contribution is 2.26. The Labute approximate surface area is 99.7 Å². The molecule has 0 aromatic heterocycles. The molecular weight excluding hydrogens is 249 g/mol. The van der Waals surface area contributed by atoms with Crippen molar-refractivity contribution in [1.29, 1.82) is 0 Å². The molecule has 0 radical (unpaired) electrons. The molecule has 17 heavy (non-hydrogen) atoms. The van der Waals surface area contributed by atoms with Crippen molar-refractivity contribution < 1.29 is 23.6 Å². The minimum atomic E-state index is -3.54. The number of hydrogen-bond donors (Lipinski definition) is 3. The Morgan fingerprint density at radius 3 is 1.59 bits per heavy atom. The van der Waals surface area contributed by atoms with Gasteiger partial charge in [0.1, 0.15) is 12.1 Å². The van der Waals surface area contributed by atoms with E-state index in [9.17, 15) is 14.2 Å². The highest BCUT2D eigenvalue weighted by Gasteiger charge is 2.27. The van der Waals surface area contributed by atoms with E-state index in [4.69, 9.17) is 5.50 Å². The van der Waals surface area contributed by atoms with Crippen LogP contribution in [0.2, 0.25) is 0 Å². The van der Waals surface area contributed by atoms with E-state index in [1.165, 1.54) is 28.1 Å². The van der Waals surface area contributed by atoms with Crippen LogP contribution in [0.1, 0.15) is 13.8 Å². The lowest BCUT2D eigenvalue weighted by atomic mass is 10.4. The van der Waals surface area contributed by atoms with E-state index in [0.29, 0.717) is 0 Å². The second-order valence-corrected chi connectivity index (χ2v) is 5.24. The van der Waals surface area contributed by atoms with Crippen LogP contribution >= 0.6 is 7.59 Å². The van der Waals surface area contributed by atoms with Crippen molar-refractivity contribution in [3.63, 3.8) is 0 Å². The van der Waals surface area contributed by atoms with Gasteiger partial charge in [-0.25, -0.2) is 10.2 Å². The summed E-state index contributed by atoms with van der Waals surface area (Å²) < 4.78 is 20.7. The van der Waals surface area contributed by atoms with Crippen LogP contribution in [0.25, 0.3) is 0 Å². The molecule has 0 spiro atoms. The molecule has 0 saturated carbocycles. The molecule has 0 aliphatic rings. The minimum absolute atomic E-state index is 0.608. The lowest BCUT2D eigenvalue weighted by Gasteiger charge is -2.21. The molecule has 0 heterocycles. The summed E-state index contributed by atoms with van der Waals surface area (Å²) in [5.74, 6) is -1.22. The Morgan fingerprint density at radius 2 is 1.35 bits per heavy atom. The average Bonchev–Trinajstić information content (AvgIpc) is 2.25. The van der Waals surface area contributed by atoms with Gasteiger partial charge in [-0.15, -0.1) is 0 Å². The third-order valence-electron chi connectivity index (χ3n) is 1.88. The summed E-state index contributed by atoms with van der Waals surface area (Å²) in [7, 11) is -1.14. The third-order valence-corrected chi connectivity index (χ3v) is 3.42. The fourth-order valence-corrected chi connectivity index (χ4v) is 2.51. The summed E-state index contributed by atoms with van der Waals surface area (Å²) >= 11 is 0. The molecule has 0 amide bonds. The lowest BCUT2D eigenvalue weighted by molar-refractivity contribution is -0.142. The Kier molecular flexibility index (Phi) is 6.33. The SMILES string of the molecule is COC(=O)[C@H](C)NP(N)(=O)N[C@@H](C)C(=O)OC. The van der Waals surface area contributed by atoms with Gasteiger partial charge in [0, 0.05) is 0 Å². The first-order valence-electron chi connectivity index (χ1n) is 4.83. The Bertz CT molecular complexity index is 307. The predicted octanol–water partition coefficient (Wildman–Crippen LogP) is -0.645. The first kappa shape index (κ1) is 16.1. The van der Waals surface area contributed by atoms with Gasteiger partial charge >= 0.3 is 11.9 Å². The molecule has 9 heteroatoms. The maximum absolute atomic E-state index is 11.8. The molecule has 100 valence electrons. The van der Waals surface area contributed by atoms with Crippen molar-refractivity contribution in [2.24, 2.45) is 5.50 Å². The van der Waals surface area contributed by atoms with Crippen LogP contribution in [0.4, 0.5) is 0 Å². The third kappa shape index (κ3) is 5.78. The Balaban J connectivity index is 4.44. The number of esters is 2. The van der Waals surface area contributed by atoms with Crippen molar-refractivity contribution in [1.82, 2.24) is 10.2 Å². The normalized spacial score (nSPS) is 14.9. The van der Waals surface area contributed by atoms with Gasteiger partial charge in [0.05, 0.1) is 14.2 Å². The maximum Gasteiger partial charge on any atom is 0.323 e. The van der Waals surface area contributed by atoms with Gasteiger partial charge < -0.3 is 9.47 Å². The largest absolute Gasteiger partial charge is 0.468 e. The first-order chi connectivity index (χ1) is 7.73. The number of nitrogens with two attached hydrogens (primary N) is 1. The molecule has 4 N–H and O–H groups in total. The topological polar surface area (TPSA) is 120 Å². The summed E-state index contributed by atoms with van der Waals surface area (Å²) in [5, 5.41) is 4.71. The Hall–Kier alpha value is -0.950. The van der Waals surface area contributed by atoms with E-state index in [0.717, 1.165) is 0 Å². The Morgan fingerprint density at radius 1 is 1.06 bits per heavy atom. The smallest absolute Gasteiger partial charge is 0.323 e. The fraction of sp³-hybridized carbons (Fsp3) is 0.750. The standard InChI is InChI=1S/C8H18N3O5P/c1-5(7(12)15-3)10-17(9,14)11-6(2)8(13)16-4/h5-6H,1-4H3,(H4,9,10,11,14)/t5-,6-/m0/s1. The number of nitrogens with one attached hydrogen (secondary N) is 2. The van der Waals surface area contributed by atoms with Gasteiger partial charge in [0.15, 0.2) is 0 Å². The van der Waals surface area contributed by atoms with Crippen molar-refractivity contribution in [2.75, 3.05) is 14.2 Å². The predicted molar refractivity (Wildman–Crippen MR) is 61.0 cm³/mol. The van der Waals surface area contributed by atoms with Crippen molar-refractivity contribution >= 4 is 19.5 Å². The second kappa shape index (κ2) is 6.70. The summed E-state index contributed by atoms with van der Waals surface area (Å²) in [4.78, 5) is 22.2. The van der Waals surface area contributed by atoms with Crippen LogP contribution in [-0.2, 0) is 23.6 Å². The zero-order valence-electron chi connectivity index (χ0n) is 10.2. The van der Waals surface area contributed by atoms with Crippen LogP contribution in [0.3, 0.4) is 0 Å². The molecule has 0 fully saturated rings. The highest BCUT2D eigenvalue weighted by atomic mass is 31.2. The molecular formula is C8H18N3O5P. The molecule has 0 bridgehead atoms. The van der Waals surface area contributed by atoms with E-state index in [1.807, 2.05) is 0 Å². The number of carbonyl (C=O) groups is 2. The molecule has 8 nitrogen and oxygen atoms in total. The van der Waals surface area contributed by atoms with Crippen LogP contribution < -0.4 is 15.7 Å². The van der Waals surface area contributed by atoms with Gasteiger partial charge in [0.2, 0.25) is 0 Å². The zero-order chi connectivity index (χ0) is 13.6. The van der Waals surface area contributed by atoms with Crippen molar-refractivity contribution in [3.8, 4) is 0 Å². The number of rotatable bonds is 6. The van der Waals surface area contributed by atoms with Gasteiger partial charge in [-0.3, -0.25) is 19.7 Å². The van der Waals surface area contributed by atoms with Crippen LogP contribution in [-0.4, -0.2) is 38.2 Å². The average molecular weight is 267 g/mol. The summed E-state index contributed by atoms with van der Waals surface area (Å²) in [6.07, 6.45) is 0. The van der Waals surface area contributed by atoms with Crippen LogP contribution in [0.5, 0.6) is 0 Å².